The second-order valence-corrected chi connectivity index (χ2v) is 15.9. The molecule has 0 aromatic heterocycles. The third kappa shape index (κ3) is 30.4. The summed E-state index contributed by atoms with van der Waals surface area (Å²) in [6, 6.07) is 8.58. The lowest BCUT2D eigenvalue weighted by atomic mass is 9.92. The van der Waals surface area contributed by atoms with Gasteiger partial charge in [-0.05, 0) is 30.4 Å². The van der Waals surface area contributed by atoms with Gasteiger partial charge in [0.1, 0.15) is 0 Å². The van der Waals surface area contributed by atoms with E-state index in [1.807, 2.05) is 0 Å². The minimum atomic E-state index is -0.307. The first-order valence-corrected chi connectivity index (χ1v) is 22.8. The Morgan fingerprint density at radius 3 is 1.08 bits per heavy atom. The predicted octanol–water partition coefficient (Wildman–Crippen LogP) is 14.3. The third-order valence-electron chi connectivity index (χ3n) is 10.3. The Balaban J connectivity index is 2.66. The van der Waals surface area contributed by atoms with Crippen LogP contribution in [0.2, 0.25) is 0 Å². The molecule has 0 bridgehead atoms. The van der Waals surface area contributed by atoms with Crippen molar-refractivity contribution in [3.8, 4) is 0 Å². The molecule has 0 heterocycles. The average Bonchev–Trinajstić information content (AvgIpc) is 3.15. The molecule has 5 heteroatoms. The molecule has 0 aliphatic rings. The van der Waals surface area contributed by atoms with Gasteiger partial charge in [0.2, 0.25) is 0 Å². The van der Waals surface area contributed by atoms with Gasteiger partial charge < -0.3 is 18.9 Å². The summed E-state index contributed by atoms with van der Waals surface area (Å²) in [5, 5.41) is 0. The zero-order valence-corrected chi connectivity index (χ0v) is 35.2. The van der Waals surface area contributed by atoms with Crippen molar-refractivity contribution in [2.45, 2.75) is 206 Å². The minimum absolute atomic E-state index is 0.307. The van der Waals surface area contributed by atoms with E-state index in [1.165, 1.54) is 165 Å². The number of rotatable bonds is 41. The predicted molar refractivity (Wildman–Crippen MR) is 225 cm³/mol. The second kappa shape index (κ2) is 37.7. The monoisotopic (exact) mass is 735 g/mol. The van der Waals surface area contributed by atoms with Gasteiger partial charge in [-0.2, -0.15) is 12.6 Å². The van der Waals surface area contributed by atoms with E-state index in [2.05, 4.69) is 57.7 Å². The topological polar surface area (TPSA) is 36.9 Å². The van der Waals surface area contributed by atoms with Crippen molar-refractivity contribution in [1.82, 2.24) is 0 Å². The van der Waals surface area contributed by atoms with E-state index in [9.17, 15) is 0 Å². The van der Waals surface area contributed by atoms with Gasteiger partial charge in [-0.3, -0.25) is 0 Å². The SMILES string of the molecule is CCCCCCCCCCCOCC(COCCCCCCCCCCC)(COCCCCCCCCCCC)COCc1cccc(CS)c1. The summed E-state index contributed by atoms with van der Waals surface area (Å²) in [6.45, 7) is 12.3. The van der Waals surface area contributed by atoms with Crippen molar-refractivity contribution < 1.29 is 18.9 Å². The first-order chi connectivity index (χ1) is 25.2. The molecule has 300 valence electrons. The van der Waals surface area contributed by atoms with Gasteiger partial charge in [-0.15, -0.1) is 0 Å². The number of ether oxygens (including phenoxy) is 4. The molecule has 0 aliphatic carbocycles. The lowest BCUT2D eigenvalue weighted by Gasteiger charge is -2.33. The molecule has 0 aliphatic heterocycles. The van der Waals surface area contributed by atoms with E-state index in [-0.39, 0.29) is 5.41 Å². The summed E-state index contributed by atoms with van der Waals surface area (Å²) in [6.07, 6.45) is 35.8. The molecule has 1 aromatic rings. The fourth-order valence-corrected chi connectivity index (χ4v) is 7.06. The van der Waals surface area contributed by atoms with Gasteiger partial charge in [0.05, 0.1) is 38.4 Å². The number of hydrogen-bond acceptors (Lipinski definition) is 5. The van der Waals surface area contributed by atoms with Crippen LogP contribution in [0.5, 0.6) is 0 Å². The lowest BCUT2D eigenvalue weighted by molar-refractivity contribution is -0.110. The zero-order chi connectivity index (χ0) is 36.8. The van der Waals surface area contributed by atoms with Gasteiger partial charge >= 0.3 is 0 Å². The van der Waals surface area contributed by atoms with Crippen LogP contribution in [0, 0.1) is 5.41 Å². The summed E-state index contributed by atoms with van der Waals surface area (Å²) in [5.41, 5.74) is 2.11. The van der Waals surface area contributed by atoms with Crippen LogP contribution in [-0.2, 0) is 31.3 Å². The highest BCUT2D eigenvalue weighted by molar-refractivity contribution is 7.79. The van der Waals surface area contributed by atoms with Crippen molar-refractivity contribution in [3.05, 3.63) is 35.4 Å². The highest BCUT2D eigenvalue weighted by Gasteiger charge is 2.32. The Hall–Kier alpha value is -0.590. The van der Waals surface area contributed by atoms with Crippen molar-refractivity contribution in [3.63, 3.8) is 0 Å². The summed E-state index contributed by atoms with van der Waals surface area (Å²) in [4.78, 5) is 0. The van der Waals surface area contributed by atoms with E-state index in [4.69, 9.17) is 18.9 Å². The van der Waals surface area contributed by atoms with E-state index < -0.39 is 0 Å². The van der Waals surface area contributed by atoms with Crippen LogP contribution in [-0.4, -0.2) is 46.2 Å². The zero-order valence-electron chi connectivity index (χ0n) is 34.3. The highest BCUT2D eigenvalue weighted by Crippen LogP contribution is 2.23. The summed E-state index contributed by atoms with van der Waals surface area (Å²) >= 11 is 4.48. The molecule has 0 amide bonds. The van der Waals surface area contributed by atoms with E-state index >= 15 is 0 Å². The minimum Gasteiger partial charge on any atom is -0.381 e. The molecular formula is C46H86O4S. The second-order valence-electron chi connectivity index (χ2n) is 15.6. The Morgan fingerprint density at radius 1 is 0.412 bits per heavy atom. The molecule has 0 saturated carbocycles. The third-order valence-corrected chi connectivity index (χ3v) is 10.6. The normalized spacial score (nSPS) is 11.9. The van der Waals surface area contributed by atoms with Crippen LogP contribution in [0.1, 0.15) is 205 Å². The van der Waals surface area contributed by atoms with Crippen LogP contribution in [0.15, 0.2) is 24.3 Å². The number of unbranched alkanes of at least 4 members (excludes halogenated alkanes) is 24. The number of thiol groups is 1. The van der Waals surface area contributed by atoms with Crippen LogP contribution in [0.3, 0.4) is 0 Å². The van der Waals surface area contributed by atoms with E-state index in [0.717, 1.165) is 44.8 Å². The molecule has 1 aromatic carbocycles. The molecule has 51 heavy (non-hydrogen) atoms. The first kappa shape index (κ1) is 48.4. The maximum Gasteiger partial charge on any atom is 0.0717 e. The first-order valence-electron chi connectivity index (χ1n) is 22.2. The molecular weight excluding hydrogens is 649 g/mol. The average molecular weight is 735 g/mol. The van der Waals surface area contributed by atoms with Crippen LogP contribution in [0.4, 0.5) is 0 Å². The lowest BCUT2D eigenvalue weighted by Crippen LogP contribution is -2.42. The van der Waals surface area contributed by atoms with Gasteiger partial charge in [-0.25, -0.2) is 0 Å². The van der Waals surface area contributed by atoms with E-state index in [0.29, 0.717) is 33.0 Å². The maximum absolute atomic E-state index is 6.47. The molecule has 0 N–H and O–H groups in total. The number of benzene rings is 1. The van der Waals surface area contributed by atoms with Gasteiger partial charge in [-0.1, -0.05) is 199 Å². The summed E-state index contributed by atoms with van der Waals surface area (Å²) in [7, 11) is 0. The van der Waals surface area contributed by atoms with Gasteiger partial charge in [0, 0.05) is 25.6 Å². The molecule has 0 atom stereocenters. The van der Waals surface area contributed by atoms with Crippen LogP contribution in [0.25, 0.3) is 0 Å². The quantitative estimate of drug-likeness (QED) is 0.0537. The van der Waals surface area contributed by atoms with Crippen molar-refractivity contribution in [1.29, 1.82) is 0 Å². The summed E-state index contributed by atoms with van der Waals surface area (Å²) in [5.74, 6) is 0.740. The Labute approximate surface area is 324 Å². The van der Waals surface area contributed by atoms with Crippen molar-refractivity contribution in [2.75, 3.05) is 46.2 Å². The molecule has 0 radical (unpaired) electrons. The van der Waals surface area contributed by atoms with Crippen LogP contribution < -0.4 is 0 Å². The molecule has 0 saturated heterocycles. The number of hydrogen-bond donors (Lipinski definition) is 1. The summed E-state index contributed by atoms with van der Waals surface area (Å²) < 4.78 is 25.8. The molecule has 1 rings (SSSR count). The van der Waals surface area contributed by atoms with Gasteiger partial charge in [0.25, 0.3) is 0 Å². The van der Waals surface area contributed by atoms with Gasteiger partial charge in [0.15, 0.2) is 0 Å². The molecule has 0 spiro atoms. The van der Waals surface area contributed by atoms with Crippen LogP contribution >= 0.6 is 12.6 Å². The Morgan fingerprint density at radius 2 is 0.725 bits per heavy atom. The standard InChI is InChI=1S/C46H86O4S/c1-4-7-10-13-16-19-22-25-28-34-47-40-46(43-50-38-44-32-31-33-45(37-44)39-51,41-48-35-29-26-23-20-17-14-11-8-5-2)42-49-36-30-27-24-21-18-15-12-9-6-3/h31-33,37,51H,4-30,34-36,38-43H2,1-3H3. The highest BCUT2D eigenvalue weighted by atomic mass is 32.1. The van der Waals surface area contributed by atoms with Crippen molar-refractivity contribution >= 4 is 12.6 Å². The largest absolute Gasteiger partial charge is 0.381 e. The molecule has 4 nitrogen and oxygen atoms in total. The fourth-order valence-electron chi connectivity index (χ4n) is 6.86. The fraction of sp³-hybridized carbons (Fsp3) is 0.870. The van der Waals surface area contributed by atoms with Crippen molar-refractivity contribution in [2.24, 2.45) is 5.41 Å². The smallest absolute Gasteiger partial charge is 0.0717 e. The maximum atomic E-state index is 6.47. The Bertz CT molecular complexity index is 769. The molecule has 0 fully saturated rings. The van der Waals surface area contributed by atoms with E-state index in [1.54, 1.807) is 0 Å². The molecule has 0 unspecified atom stereocenters. The Kier molecular flexibility index (Phi) is 35.8.